The summed E-state index contributed by atoms with van der Waals surface area (Å²) < 4.78 is 14.9. The van der Waals surface area contributed by atoms with E-state index in [2.05, 4.69) is 15.2 Å². The van der Waals surface area contributed by atoms with Gasteiger partial charge >= 0.3 is 0 Å². The molecule has 2 aromatic carbocycles. The van der Waals surface area contributed by atoms with Gasteiger partial charge in [0.2, 0.25) is 5.78 Å². The molecule has 7 heteroatoms. The van der Waals surface area contributed by atoms with Crippen molar-refractivity contribution in [2.45, 2.75) is 18.0 Å². The van der Waals surface area contributed by atoms with Crippen molar-refractivity contribution < 1.29 is 9.18 Å². The summed E-state index contributed by atoms with van der Waals surface area (Å²) in [6.45, 7) is 0. The summed E-state index contributed by atoms with van der Waals surface area (Å²) in [5, 5.41) is 8.07. The second-order valence-corrected chi connectivity index (χ2v) is 6.71. The number of nitrogens with zero attached hydrogens (tertiary/aromatic N) is 3. The van der Waals surface area contributed by atoms with Crippen molar-refractivity contribution in [2.75, 3.05) is 5.75 Å². The Morgan fingerprint density at radius 2 is 1.96 bits per heavy atom. The quantitative estimate of drug-likeness (QED) is 0.322. The average Bonchev–Trinajstić information content (AvgIpc) is 3.18. The Morgan fingerprint density at radius 1 is 1.16 bits per heavy atom. The van der Waals surface area contributed by atoms with Gasteiger partial charge in [0.25, 0.3) is 0 Å². The molecule has 0 amide bonds. The largest absolute Gasteiger partial charge is 0.294 e. The van der Waals surface area contributed by atoms with Crippen molar-refractivity contribution >= 4 is 34.4 Å². The Bertz CT molecular complexity index is 1040. The van der Waals surface area contributed by atoms with Gasteiger partial charge in [-0.1, -0.05) is 23.9 Å². The maximum Gasteiger partial charge on any atom is 0.231 e. The number of ketones is 1. The first-order valence-electron chi connectivity index (χ1n) is 7.95. The number of carbonyl (C=O) groups is 1. The minimum atomic E-state index is -0.331. The zero-order valence-electron chi connectivity index (χ0n) is 13.3. The number of H-pyrrole nitrogens is 1. The highest BCUT2D eigenvalue weighted by Gasteiger charge is 2.12. The lowest BCUT2D eigenvalue weighted by Gasteiger charge is -2.01. The monoisotopic (exact) mass is 354 g/mol. The molecular formula is C18H15FN4OS. The van der Waals surface area contributed by atoms with Gasteiger partial charge in [0.15, 0.2) is 10.9 Å². The molecule has 4 rings (SSSR count). The Labute approximate surface area is 147 Å². The van der Waals surface area contributed by atoms with Crippen LogP contribution in [0.1, 0.15) is 23.2 Å². The number of rotatable bonds is 6. The molecule has 126 valence electrons. The van der Waals surface area contributed by atoms with Crippen LogP contribution >= 0.6 is 11.8 Å². The smallest absolute Gasteiger partial charge is 0.231 e. The van der Waals surface area contributed by atoms with Gasteiger partial charge in [-0.3, -0.25) is 9.20 Å². The molecule has 0 saturated carbocycles. The van der Waals surface area contributed by atoms with E-state index in [0.717, 1.165) is 28.4 Å². The van der Waals surface area contributed by atoms with E-state index in [1.54, 1.807) is 11.8 Å². The first-order valence-corrected chi connectivity index (χ1v) is 8.94. The number of halogens is 1. The molecule has 5 nitrogen and oxygen atoms in total. The summed E-state index contributed by atoms with van der Waals surface area (Å²) in [5.74, 6) is 1.17. The Kier molecular flexibility index (Phi) is 4.23. The van der Waals surface area contributed by atoms with Crippen LogP contribution in [-0.4, -0.2) is 31.1 Å². The third-order valence-corrected chi connectivity index (χ3v) is 4.97. The van der Waals surface area contributed by atoms with Gasteiger partial charge in [-0.15, -0.1) is 5.10 Å². The maximum atomic E-state index is 12.9. The highest BCUT2D eigenvalue weighted by Crippen LogP contribution is 2.23. The molecule has 25 heavy (non-hydrogen) atoms. The normalized spacial score (nSPS) is 11.4. The van der Waals surface area contributed by atoms with Crippen LogP contribution in [0, 0.1) is 5.82 Å². The van der Waals surface area contributed by atoms with Crippen LogP contribution < -0.4 is 0 Å². The number of nitrogens with one attached hydrogen (secondary N) is 1. The van der Waals surface area contributed by atoms with Crippen LogP contribution in [0.3, 0.4) is 0 Å². The summed E-state index contributed by atoms with van der Waals surface area (Å²) in [7, 11) is 0. The molecule has 0 atom stereocenters. The van der Waals surface area contributed by atoms with Crippen LogP contribution in [0.25, 0.3) is 16.8 Å². The number of carbonyl (C=O) groups excluding carboxylic acids is 1. The average molecular weight is 354 g/mol. The molecule has 2 heterocycles. The topological polar surface area (TPSA) is 63.0 Å². The highest BCUT2D eigenvalue weighted by atomic mass is 32.2. The van der Waals surface area contributed by atoms with Crippen LogP contribution in [0.15, 0.2) is 53.7 Å². The van der Waals surface area contributed by atoms with Crippen LogP contribution in [0.2, 0.25) is 0 Å². The molecule has 0 spiro atoms. The Hall–Kier alpha value is -2.67. The zero-order chi connectivity index (χ0) is 17.2. The molecule has 0 aliphatic rings. The van der Waals surface area contributed by atoms with Gasteiger partial charge in [0.1, 0.15) is 5.82 Å². The number of thioether (sulfide) groups is 1. The van der Waals surface area contributed by atoms with Crippen LogP contribution in [-0.2, 0) is 0 Å². The van der Waals surface area contributed by atoms with Gasteiger partial charge < -0.3 is 0 Å². The second kappa shape index (κ2) is 6.68. The molecule has 0 unspecified atom stereocenters. The first kappa shape index (κ1) is 15.8. The standard InChI is InChI=1S/C18H15FN4OS/c19-13-9-7-12(8-10-13)16(24)6-3-11-25-18-22-21-17-20-14-4-1-2-5-15(14)23(17)18/h1-2,4-5,7-10H,3,6,11H2,(H,20,21). The van der Waals surface area contributed by atoms with Gasteiger partial charge in [-0.25, -0.2) is 14.5 Å². The van der Waals surface area contributed by atoms with Gasteiger partial charge in [0, 0.05) is 17.7 Å². The highest BCUT2D eigenvalue weighted by molar-refractivity contribution is 7.99. The summed E-state index contributed by atoms with van der Waals surface area (Å²) in [6.07, 6.45) is 1.15. The van der Waals surface area contributed by atoms with E-state index in [1.807, 2.05) is 28.7 Å². The molecule has 0 saturated heterocycles. The molecule has 0 radical (unpaired) electrons. The van der Waals surface area contributed by atoms with E-state index in [0.29, 0.717) is 17.8 Å². The molecule has 0 aliphatic carbocycles. The van der Waals surface area contributed by atoms with Crippen molar-refractivity contribution in [3.05, 3.63) is 59.9 Å². The molecule has 1 N–H and O–H groups in total. The second-order valence-electron chi connectivity index (χ2n) is 5.65. The van der Waals surface area contributed by atoms with E-state index < -0.39 is 0 Å². The van der Waals surface area contributed by atoms with Crippen molar-refractivity contribution in [2.24, 2.45) is 0 Å². The third-order valence-electron chi connectivity index (χ3n) is 3.95. The number of para-hydroxylation sites is 2. The van der Waals surface area contributed by atoms with Crippen LogP contribution in [0.5, 0.6) is 0 Å². The zero-order valence-corrected chi connectivity index (χ0v) is 14.1. The fourth-order valence-corrected chi connectivity index (χ4v) is 3.61. The van der Waals surface area contributed by atoms with Crippen LogP contribution in [0.4, 0.5) is 4.39 Å². The number of Topliss-reactive ketones (excluding diaryl/α,β-unsaturated/α-hetero) is 1. The Balaban J connectivity index is 1.39. The van der Waals surface area contributed by atoms with E-state index in [1.165, 1.54) is 24.3 Å². The van der Waals surface area contributed by atoms with Crippen molar-refractivity contribution in [3.8, 4) is 0 Å². The molecule has 0 bridgehead atoms. The Morgan fingerprint density at radius 3 is 2.80 bits per heavy atom. The van der Waals surface area contributed by atoms with Crippen molar-refractivity contribution in [1.82, 2.24) is 19.6 Å². The van der Waals surface area contributed by atoms with Gasteiger partial charge in [-0.2, -0.15) is 0 Å². The number of aromatic amines is 1. The van der Waals surface area contributed by atoms with E-state index in [-0.39, 0.29) is 11.6 Å². The fraction of sp³-hybridized carbons (Fsp3) is 0.167. The summed E-state index contributed by atoms with van der Waals surface area (Å²) in [5.41, 5.74) is 2.48. The molecular weight excluding hydrogens is 339 g/mol. The van der Waals surface area contributed by atoms with Gasteiger partial charge in [-0.05, 0) is 42.8 Å². The van der Waals surface area contributed by atoms with E-state index in [4.69, 9.17) is 0 Å². The minimum absolute atomic E-state index is 0.0286. The minimum Gasteiger partial charge on any atom is -0.294 e. The molecule has 4 aromatic rings. The third kappa shape index (κ3) is 3.15. The lowest BCUT2D eigenvalue weighted by atomic mass is 10.1. The van der Waals surface area contributed by atoms with E-state index in [9.17, 15) is 9.18 Å². The van der Waals surface area contributed by atoms with E-state index >= 15 is 0 Å². The van der Waals surface area contributed by atoms with Crippen molar-refractivity contribution in [1.29, 1.82) is 0 Å². The molecule has 0 fully saturated rings. The molecule has 0 aliphatic heterocycles. The maximum absolute atomic E-state index is 12.9. The van der Waals surface area contributed by atoms with Crippen molar-refractivity contribution in [3.63, 3.8) is 0 Å². The number of imidazole rings is 1. The lowest BCUT2D eigenvalue weighted by molar-refractivity contribution is 0.0982. The predicted molar refractivity (Wildman–Crippen MR) is 95.5 cm³/mol. The lowest BCUT2D eigenvalue weighted by Crippen LogP contribution is -2.00. The summed E-state index contributed by atoms with van der Waals surface area (Å²) >= 11 is 1.58. The number of aromatic nitrogens is 4. The fourth-order valence-electron chi connectivity index (χ4n) is 2.72. The number of benzene rings is 2. The van der Waals surface area contributed by atoms with Gasteiger partial charge in [0.05, 0.1) is 11.0 Å². The first-order chi connectivity index (χ1) is 12.2. The number of fused-ring (bicyclic) bond motifs is 3. The number of hydrogen-bond donors (Lipinski definition) is 1. The summed E-state index contributed by atoms with van der Waals surface area (Å²) in [6, 6.07) is 13.6. The number of hydrogen-bond acceptors (Lipinski definition) is 4. The summed E-state index contributed by atoms with van der Waals surface area (Å²) in [4.78, 5) is 16.6. The predicted octanol–water partition coefficient (Wildman–Crippen LogP) is 4.10. The SMILES string of the molecule is O=C(CCCSc1n[nH]c2nc3ccccc3n12)c1ccc(F)cc1. The molecule has 2 aromatic heterocycles.